The van der Waals surface area contributed by atoms with Crippen LogP contribution in [0.15, 0.2) is 85.5 Å². The normalized spacial score (nSPS) is 10.3. The molecule has 3 aromatic carbocycles. The Morgan fingerprint density at radius 3 is 1.67 bits per heavy atom. The van der Waals surface area contributed by atoms with Crippen LogP contribution in [-0.2, 0) is 6.61 Å². The lowest BCUT2D eigenvalue weighted by atomic mass is 10.1. The van der Waals surface area contributed by atoms with Crippen molar-refractivity contribution in [2.75, 3.05) is 13.2 Å². The number of benzene rings is 3. The third kappa shape index (κ3) is 5.38. The molecule has 0 heterocycles. The van der Waals surface area contributed by atoms with E-state index in [1.165, 1.54) is 0 Å². The van der Waals surface area contributed by atoms with Crippen molar-refractivity contribution in [1.29, 1.82) is 0 Å². The number of hydrogen-bond acceptors (Lipinski definition) is 3. The molecule has 27 heavy (non-hydrogen) atoms. The Balaban J connectivity index is 1.57. The Morgan fingerprint density at radius 1 is 0.667 bits per heavy atom. The minimum atomic E-state index is 0.514. The Bertz CT molecular complexity index is 834. The molecule has 0 spiro atoms. The van der Waals surface area contributed by atoms with Gasteiger partial charge < -0.3 is 14.2 Å². The molecule has 0 saturated heterocycles. The lowest BCUT2D eigenvalue weighted by Gasteiger charge is -2.09. The van der Waals surface area contributed by atoms with Crippen LogP contribution < -0.4 is 14.2 Å². The van der Waals surface area contributed by atoms with E-state index in [0.717, 1.165) is 33.9 Å². The highest BCUT2D eigenvalue weighted by molar-refractivity contribution is 5.64. The molecule has 0 aromatic heterocycles. The second kappa shape index (κ2) is 9.48. The van der Waals surface area contributed by atoms with Crippen LogP contribution in [0.2, 0.25) is 0 Å². The van der Waals surface area contributed by atoms with E-state index in [-0.39, 0.29) is 0 Å². The highest BCUT2D eigenvalue weighted by Gasteiger charge is 2.01. The first-order valence-electron chi connectivity index (χ1n) is 9.07. The Morgan fingerprint density at radius 2 is 1.15 bits per heavy atom. The quantitative estimate of drug-likeness (QED) is 0.445. The molecule has 0 bridgehead atoms. The van der Waals surface area contributed by atoms with Crippen molar-refractivity contribution < 1.29 is 14.2 Å². The third-order valence-corrected chi connectivity index (χ3v) is 4.05. The highest BCUT2D eigenvalue weighted by Crippen LogP contribution is 2.25. The van der Waals surface area contributed by atoms with Crippen molar-refractivity contribution in [2.24, 2.45) is 0 Å². The molecule has 0 aliphatic carbocycles. The van der Waals surface area contributed by atoms with E-state index < -0.39 is 0 Å². The number of ether oxygens (including phenoxy) is 3. The first-order valence-corrected chi connectivity index (χ1v) is 9.07. The van der Waals surface area contributed by atoms with E-state index in [2.05, 4.69) is 18.7 Å². The summed E-state index contributed by atoms with van der Waals surface area (Å²) in [5.41, 5.74) is 3.38. The molecule has 0 aliphatic heterocycles. The highest BCUT2D eigenvalue weighted by atomic mass is 16.5. The van der Waals surface area contributed by atoms with Crippen molar-refractivity contribution in [2.45, 2.75) is 13.5 Å². The molecule has 3 heteroatoms. The SMILES string of the molecule is C=CCOc1ccc(-c2ccc(OCc3ccc(OCC)cc3)cc2)cc1. The van der Waals surface area contributed by atoms with Gasteiger partial charge in [0.1, 0.15) is 30.5 Å². The van der Waals surface area contributed by atoms with Gasteiger partial charge in [0.15, 0.2) is 0 Å². The first kappa shape index (κ1) is 18.6. The summed E-state index contributed by atoms with van der Waals surface area (Å²) in [4.78, 5) is 0. The van der Waals surface area contributed by atoms with Gasteiger partial charge in [0.2, 0.25) is 0 Å². The number of rotatable bonds is 9. The van der Waals surface area contributed by atoms with Crippen molar-refractivity contribution in [1.82, 2.24) is 0 Å². The van der Waals surface area contributed by atoms with Gasteiger partial charge in [-0.05, 0) is 60.0 Å². The molecule has 0 atom stereocenters. The predicted octanol–water partition coefficient (Wildman–Crippen LogP) is 5.90. The van der Waals surface area contributed by atoms with Crippen LogP contribution in [0.1, 0.15) is 12.5 Å². The minimum Gasteiger partial charge on any atom is -0.494 e. The van der Waals surface area contributed by atoms with Crippen LogP contribution in [0.25, 0.3) is 11.1 Å². The fourth-order valence-corrected chi connectivity index (χ4v) is 2.66. The summed E-state index contributed by atoms with van der Waals surface area (Å²) in [5.74, 6) is 2.57. The van der Waals surface area contributed by atoms with Gasteiger partial charge in [-0.15, -0.1) is 0 Å². The second-order valence-electron chi connectivity index (χ2n) is 6.01. The van der Waals surface area contributed by atoms with Gasteiger partial charge in [0.25, 0.3) is 0 Å². The van der Waals surface area contributed by atoms with Gasteiger partial charge in [-0.3, -0.25) is 0 Å². The average Bonchev–Trinajstić information content (AvgIpc) is 2.73. The molecule has 0 saturated carbocycles. The van der Waals surface area contributed by atoms with Gasteiger partial charge in [-0.2, -0.15) is 0 Å². The average molecular weight is 360 g/mol. The van der Waals surface area contributed by atoms with Gasteiger partial charge in [0.05, 0.1) is 6.61 Å². The molecule has 0 fully saturated rings. The standard InChI is InChI=1S/C24H24O3/c1-3-17-26-23-13-7-20(8-14-23)21-9-15-24(16-10-21)27-18-19-5-11-22(12-6-19)25-4-2/h3,5-16H,1,4,17-18H2,2H3. The van der Waals surface area contributed by atoms with E-state index in [9.17, 15) is 0 Å². The summed E-state index contributed by atoms with van der Waals surface area (Å²) < 4.78 is 16.8. The first-order chi connectivity index (χ1) is 13.3. The van der Waals surface area contributed by atoms with Crippen LogP contribution >= 0.6 is 0 Å². The minimum absolute atomic E-state index is 0.514. The van der Waals surface area contributed by atoms with Gasteiger partial charge in [-0.1, -0.05) is 49.1 Å². The molecular weight excluding hydrogens is 336 g/mol. The molecule has 0 N–H and O–H groups in total. The monoisotopic (exact) mass is 360 g/mol. The summed E-state index contributed by atoms with van der Waals surface area (Å²) >= 11 is 0. The van der Waals surface area contributed by atoms with E-state index >= 15 is 0 Å². The van der Waals surface area contributed by atoms with Gasteiger partial charge in [0, 0.05) is 0 Å². The molecule has 3 rings (SSSR count). The van der Waals surface area contributed by atoms with Crippen LogP contribution in [-0.4, -0.2) is 13.2 Å². The third-order valence-electron chi connectivity index (χ3n) is 4.05. The zero-order valence-electron chi connectivity index (χ0n) is 15.6. The van der Waals surface area contributed by atoms with Crippen LogP contribution in [0.3, 0.4) is 0 Å². The fraction of sp³-hybridized carbons (Fsp3) is 0.167. The Hall–Kier alpha value is -3.20. The van der Waals surface area contributed by atoms with Crippen LogP contribution in [0, 0.1) is 0 Å². The maximum Gasteiger partial charge on any atom is 0.119 e. The lowest BCUT2D eigenvalue weighted by Crippen LogP contribution is -1.96. The second-order valence-corrected chi connectivity index (χ2v) is 6.01. The molecule has 3 aromatic rings. The largest absolute Gasteiger partial charge is 0.494 e. The maximum absolute atomic E-state index is 5.88. The van der Waals surface area contributed by atoms with Crippen molar-refractivity contribution >= 4 is 0 Å². The zero-order chi connectivity index (χ0) is 18.9. The summed E-state index contributed by atoms with van der Waals surface area (Å²) in [7, 11) is 0. The topological polar surface area (TPSA) is 27.7 Å². The summed E-state index contributed by atoms with van der Waals surface area (Å²) in [5, 5.41) is 0. The molecular formula is C24H24O3. The lowest BCUT2D eigenvalue weighted by molar-refractivity contribution is 0.305. The summed E-state index contributed by atoms with van der Waals surface area (Å²) in [6, 6.07) is 24.1. The Labute approximate surface area is 160 Å². The van der Waals surface area contributed by atoms with Gasteiger partial charge >= 0.3 is 0 Å². The summed E-state index contributed by atoms with van der Waals surface area (Å²) in [6.07, 6.45) is 1.74. The molecule has 0 aliphatic rings. The number of hydrogen-bond donors (Lipinski definition) is 0. The molecule has 0 amide bonds. The van der Waals surface area contributed by atoms with Gasteiger partial charge in [-0.25, -0.2) is 0 Å². The van der Waals surface area contributed by atoms with Crippen LogP contribution in [0.5, 0.6) is 17.2 Å². The Kier molecular flexibility index (Phi) is 6.53. The fourth-order valence-electron chi connectivity index (χ4n) is 2.66. The van der Waals surface area contributed by atoms with Crippen molar-refractivity contribution in [3.05, 3.63) is 91.0 Å². The van der Waals surface area contributed by atoms with Crippen molar-refractivity contribution in [3.8, 4) is 28.4 Å². The molecule has 0 unspecified atom stereocenters. The van der Waals surface area contributed by atoms with E-state index in [0.29, 0.717) is 19.8 Å². The summed E-state index contributed by atoms with van der Waals surface area (Å²) in [6.45, 7) is 7.35. The van der Waals surface area contributed by atoms with E-state index in [1.807, 2.05) is 67.6 Å². The zero-order valence-corrected chi connectivity index (χ0v) is 15.6. The molecule has 0 radical (unpaired) electrons. The van der Waals surface area contributed by atoms with Crippen LogP contribution in [0.4, 0.5) is 0 Å². The smallest absolute Gasteiger partial charge is 0.119 e. The van der Waals surface area contributed by atoms with E-state index in [1.54, 1.807) is 6.08 Å². The maximum atomic E-state index is 5.88. The molecule has 3 nitrogen and oxygen atoms in total. The van der Waals surface area contributed by atoms with E-state index in [4.69, 9.17) is 14.2 Å². The molecule has 138 valence electrons. The van der Waals surface area contributed by atoms with Crippen molar-refractivity contribution in [3.63, 3.8) is 0 Å². The predicted molar refractivity (Wildman–Crippen MR) is 110 cm³/mol.